The summed E-state index contributed by atoms with van der Waals surface area (Å²) in [4.78, 5) is 25.0. The van der Waals surface area contributed by atoms with Gasteiger partial charge >= 0.3 is 0 Å². The van der Waals surface area contributed by atoms with Gasteiger partial charge in [0, 0.05) is 18.9 Å². The van der Waals surface area contributed by atoms with Gasteiger partial charge in [-0.1, -0.05) is 41.9 Å². The number of aliphatic hydroxyl groups is 1. The van der Waals surface area contributed by atoms with E-state index in [1.54, 1.807) is 24.4 Å². The summed E-state index contributed by atoms with van der Waals surface area (Å²) in [6.07, 6.45) is 4.56. The zero-order chi connectivity index (χ0) is 23.2. The molecule has 1 atom stereocenters. The number of nitrogens with zero attached hydrogens (tertiary/aromatic N) is 3. The quantitative estimate of drug-likeness (QED) is 0.308. The summed E-state index contributed by atoms with van der Waals surface area (Å²) in [5, 5.41) is 19.1. The first-order valence-corrected chi connectivity index (χ1v) is 10.4. The van der Waals surface area contributed by atoms with Gasteiger partial charge in [0.05, 0.1) is 35.0 Å². The van der Waals surface area contributed by atoms with Gasteiger partial charge in [-0.3, -0.25) is 4.79 Å². The maximum atomic E-state index is 11.9. The largest absolute Gasteiger partial charge is 0.444 e. The van der Waals surface area contributed by atoms with Crippen LogP contribution >= 0.6 is 11.6 Å². The average Bonchev–Trinajstić information content (AvgIpc) is 3.37. The fourth-order valence-corrected chi connectivity index (χ4v) is 3.46. The van der Waals surface area contributed by atoms with Crippen LogP contribution in [-0.2, 0) is 0 Å². The number of nitrogens with one attached hydrogen (secondary N) is 3. The van der Waals surface area contributed by atoms with Gasteiger partial charge in [0.25, 0.3) is 5.91 Å². The van der Waals surface area contributed by atoms with Crippen molar-refractivity contribution in [3.8, 4) is 11.5 Å². The van der Waals surface area contributed by atoms with Gasteiger partial charge < -0.3 is 25.5 Å². The first-order chi connectivity index (χ1) is 16.1. The van der Waals surface area contributed by atoms with Crippen LogP contribution in [-0.4, -0.2) is 39.6 Å². The smallest absolute Gasteiger partial charge is 0.252 e. The summed E-state index contributed by atoms with van der Waals surface area (Å²) in [6.45, 7) is -0.154. The summed E-state index contributed by atoms with van der Waals surface area (Å²) in [7, 11) is 1.54. The second-order valence-corrected chi connectivity index (χ2v) is 7.39. The predicted octanol–water partition coefficient (Wildman–Crippen LogP) is 4.03. The molecule has 4 rings (SSSR count). The van der Waals surface area contributed by atoms with Crippen LogP contribution in [0.2, 0.25) is 5.02 Å². The van der Waals surface area contributed by atoms with E-state index < -0.39 is 6.04 Å². The Hall–Kier alpha value is -3.95. The minimum Gasteiger partial charge on any atom is -0.444 e. The molecule has 9 nitrogen and oxygen atoms in total. The molecule has 0 saturated carbocycles. The minimum atomic E-state index is -0.413. The van der Waals surface area contributed by atoms with Crippen LogP contribution in [0.15, 0.2) is 71.6 Å². The maximum absolute atomic E-state index is 11.9. The monoisotopic (exact) mass is 464 g/mol. The highest BCUT2D eigenvalue weighted by Gasteiger charge is 2.18. The number of hydrogen-bond acceptors (Lipinski definition) is 8. The normalized spacial score (nSPS) is 11.6. The SMILES string of the molecule is CNC(=O)c1ccc(Nc2ncc(-c3ncco3)c(N[C@H](CO)c3ccccc3)n2)cc1Cl. The number of aromatic nitrogens is 3. The van der Waals surface area contributed by atoms with Crippen molar-refractivity contribution in [2.45, 2.75) is 6.04 Å². The number of aliphatic hydroxyl groups excluding tert-OH is 1. The molecule has 2 heterocycles. The molecule has 0 saturated heterocycles. The number of oxazole rings is 1. The first-order valence-electron chi connectivity index (χ1n) is 10.1. The zero-order valence-electron chi connectivity index (χ0n) is 17.6. The topological polar surface area (TPSA) is 125 Å². The van der Waals surface area contributed by atoms with Gasteiger partial charge in [0.1, 0.15) is 12.1 Å². The van der Waals surface area contributed by atoms with Crippen LogP contribution in [0.25, 0.3) is 11.5 Å². The van der Waals surface area contributed by atoms with Gasteiger partial charge in [-0.05, 0) is 23.8 Å². The van der Waals surface area contributed by atoms with E-state index in [1.165, 1.54) is 19.5 Å². The van der Waals surface area contributed by atoms with E-state index in [9.17, 15) is 9.90 Å². The van der Waals surface area contributed by atoms with Gasteiger partial charge in [0.2, 0.25) is 11.8 Å². The summed E-state index contributed by atoms with van der Waals surface area (Å²) in [6, 6.07) is 14.0. The van der Waals surface area contributed by atoms with Crippen molar-refractivity contribution in [2.24, 2.45) is 0 Å². The van der Waals surface area contributed by atoms with Gasteiger partial charge in [-0.2, -0.15) is 4.98 Å². The standard InChI is InChI=1S/C23H21ClN6O3/c1-25-21(32)16-8-7-15(11-18(16)24)28-23-27-12-17(22-26-9-10-33-22)20(30-23)29-19(13-31)14-5-3-2-4-6-14/h2-12,19,31H,13H2,1H3,(H,25,32)(H2,27,28,29,30)/t19-/m1/s1. The van der Waals surface area contributed by atoms with Gasteiger partial charge in [-0.15, -0.1) is 0 Å². The molecule has 0 fully saturated rings. The van der Waals surface area contributed by atoms with Crippen molar-refractivity contribution < 1.29 is 14.3 Å². The van der Waals surface area contributed by atoms with Crippen LogP contribution in [0.1, 0.15) is 22.0 Å². The molecular formula is C23H21ClN6O3. The van der Waals surface area contributed by atoms with E-state index in [4.69, 9.17) is 16.0 Å². The summed E-state index contributed by atoms with van der Waals surface area (Å²) >= 11 is 6.25. The van der Waals surface area contributed by atoms with E-state index in [0.717, 1.165) is 5.56 Å². The molecule has 2 aromatic carbocycles. The predicted molar refractivity (Wildman–Crippen MR) is 126 cm³/mol. The number of halogens is 1. The summed E-state index contributed by atoms with van der Waals surface area (Å²) in [5.74, 6) is 0.763. The molecule has 0 unspecified atom stereocenters. The second-order valence-electron chi connectivity index (χ2n) is 6.98. The van der Waals surface area contributed by atoms with E-state index >= 15 is 0 Å². The number of amides is 1. The third-order valence-corrected chi connectivity index (χ3v) is 5.16. The van der Waals surface area contributed by atoms with E-state index in [2.05, 4.69) is 30.9 Å². The van der Waals surface area contributed by atoms with Crippen LogP contribution in [0.3, 0.4) is 0 Å². The lowest BCUT2D eigenvalue weighted by Crippen LogP contribution is -2.18. The van der Waals surface area contributed by atoms with Crippen molar-refractivity contribution >= 4 is 35.0 Å². The fraction of sp³-hybridized carbons (Fsp3) is 0.130. The lowest BCUT2D eigenvalue weighted by Gasteiger charge is -2.19. The third-order valence-electron chi connectivity index (χ3n) is 4.84. The molecule has 0 bridgehead atoms. The molecule has 0 radical (unpaired) electrons. The lowest BCUT2D eigenvalue weighted by atomic mass is 10.1. The molecule has 1 amide bonds. The van der Waals surface area contributed by atoms with E-state index in [-0.39, 0.29) is 18.5 Å². The molecule has 0 aliphatic rings. The Morgan fingerprint density at radius 2 is 2.00 bits per heavy atom. The molecule has 0 spiro atoms. The number of benzene rings is 2. The maximum Gasteiger partial charge on any atom is 0.252 e. The second kappa shape index (κ2) is 10.1. The number of rotatable bonds is 8. The first kappa shape index (κ1) is 22.3. The Balaban J connectivity index is 1.65. The van der Waals surface area contributed by atoms with Crippen molar-refractivity contribution in [2.75, 3.05) is 24.3 Å². The highest BCUT2D eigenvalue weighted by atomic mass is 35.5. The van der Waals surface area contributed by atoms with E-state index in [1.807, 2.05) is 30.3 Å². The molecule has 168 valence electrons. The Labute approximate surface area is 194 Å². The van der Waals surface area contributed by atoms with Crippen molar-refractivity contribution in [1.82, 2.24) is 20.3 Å². The highest BCUT2D eigenvalue weighted by Crippen LogP contribution is 2.30. The number of carbonyl (C=O) groups excluding carboxylic acids is 1. The molecule has 2 aromatic heterocycles. The molecule has 10 heteroatoms. The number of carbonyl (C=O) groups is 1. The van der Waals surface area contributed by atoms with Gasteiger partial charge in [-0.25, -0.2) is 9.97 Å². The molecule has 4 aromatic rings. The Morgan fingerprint density at radius 3 is 2.67 bits per heavy atom. The Morgan fingerprint density at radius 1 is 1.18 bits per heavy atom. The lowest BCUT2D eigenvalue weighted by molar-refractivity contribution is 0.0963. The Bertz CT molecular complexity index is 1230. The fourth-order valence-electron chi connectivity index (χ4n) is 3.19. The van der Waals surface area contributed by atoms with Crippen LogP contribution in [0.5, 0.6) is 0 Å². The number of hydrogen-bond donors (Lipinski definition) is 4. The van der Waals surface area contributed by atoms with Crippen molar-refractivity contribution in [3.05, 3.63) is 83.3 Å². The minimum absolute atomic E-state index is 0.154. The van der Waals surface area contributed by atoms with Crippen LogP contribution < -0.4 is 16.0 Å². The highest BCUT2D eigenvalue weighted by molar-refractivity contribution is 6.34. The summed E-state index contributed by atoms with van der Waals surface area (Å²) < 4.78 is 5.43. The zero-order valence-corrected chi connectivity index (χ0v) is 18.4. The molecule has 33 heavy (non-hydrogen) atoms. The number of anilines is 3. The Kier molecular flexibility index (Phi) is 6.82. The van der Waals surface area contributed by atoms with Crippen LogP contribution in [0, 0.1) is 0 Å². The third kappa shape index (κ3) is 5.11. The molecular weight excluding hydrogens is 444 g/mol. The van der Waals surface area contributed by atoms with Crippen LogP contribution in [0.4, 0.5) is 17.5 Å². The van der Waals surface area contributed by atoms with E-state index in [0.29, 0.717) is 33.5 Å². The average molecular weight is 465 g/mol. The van der Waals surface area contributed by atoms with Crippen molar-refractivity contribution in [3.63, 3.8) is 0 Å². The molecule has 0 aliphatic heterocycles. The molecule has 0 aliphatic carbocycles. The summed E-state index contributed by atoms with van der Waals surface area (Å²) in [5.41, 5.74) is 2.39. The van der Waals surface area contributed by atoms with Gasteiger partial charge in [0.15, 0.2) is 0 Å². The molecule has 4 N–H and O–H groups in total. The van der Waals surface area contributed by atoms with Crippen molar-refractivity contribution in [1.29, 1.82) is 0 Å².